The molecule has 2 rings (SSSR count). The monoisotopic (exact) mass is 310 g/mol. The van der Waals surface area contributed by atoms with Crippen LogP contribution < -0.4 is 10.0 Å². The predicted octanol–water partition coefficient (Wildman–Crippen LogP) is 1.38. The lowest BCUT2D eigenvalue weighted by molar-refractivity contribution is 0.281. The molecule has 1 aliphatic rings. The molecular formula is C14H22N4O2S. The van der Waals surface area contributed by atoms with Gasteiger partial charge in [0.2, 0.25) is 0 Å². The second-order valence-electron chi connectivity index (χ2n) is 5.54. The minimum atomic E-state index is -3.50. The lowest BCUT2D eigenvalue weighted by Crippen LogP contribution is -2.46. The molecule has 21 heavy (non-hydrogen) atoms. The van der Waals surface area contributed by atoms with Crippen molar-refractivity contribution in [2.45, 2.75) is 19.8 Å². The van der Waals surface area contributed by atoms with Gasteiger partial charge in [0.05, 0.1) is 5.69 Å². The SMILES string of the molecule is CC1CCCN(S(=O)(=O)N(C)c2ccc(C(=N)N)cc2)C1. The Labute approximate surface area is 126 Å². The fourth-order valence-corrected chi connectivity index (χ4v) is 4.05. The summed E-state index contributed by atoms with van der Waals surface area (Å²) < 4.78 is 28.1. The van der Waals surface area contributed by atoms with Crippen molar-refractivity contribution in [1.29, 1.82) is 5.41 Å². The zero-order chi connectivity index (χ0) is 15.6. The number of rotatable bonds is 4. The van der Waals surface area contributed by atoms with E-state index >= 15 is 0 Å². The van der Waals surface area contributed by atoms with Gasteiger partial charge in [-0.25, -0.2) is 0 Å². The summed E-state index contributed by atoms with van der Waals surface area (Å²) in [5.41, 5.74) is 6.55. The highest BCUT2D eigenvalue weighted by Gasteiger charge is 2.30. The number of hydrogen-bond acceptors (Lipinski definition) is 3. The first-order chi connectivity index (χ1) is 9.82. The lowest BCUT2D eigenvalue weighted by Gasteiger charge is -2.33. The van der Waals surface area contributed by atoms with E-state index in [2.05, 4.69) is 6.92 Å². The Balaban J connectivity index is 2.21. The van der Waals surface area contributed by atoms with E-state index in [1.807, 2.05) is 0 Å². The van der Waals surface area contributed by atoms with Crippen LogP contribution in [0.15, 0.2) is 24.3 Å². The van der Waals surface area contributed by atoms with E-state index in [9.17, 15) is 8.42 Å². The minimum absolute atomic E-state index is 0.0306. The van der Waals surface area contributed by atoms with Crippen molar-refractivity contribution < 1.29 is 8.42 Å². The molecule has 0 aromatic heterocycles. The van der Waals surface area contributed by atoms with Gasteiger partial charge in [-0.3, -0.25) is 9.71 Å². The van der Waals surface area contributed by atoms with Crippen LogP contribution in [0.3, 0.4) is 0 Å². The maximum Gasteiger partial charge on any atom is 0.303 e. The molecule has 0 radical (unpaired) electrons. The van der Waals surface area contributed by atoms with Crippen molar-refractivity contribution in [2.75, 3.05) is 24.4 Å². The molecule has 1 aromatic carbocycles. The maximum atomic E-state index is 12.6. The second kappa shape index (κ2) is 6.03. The molecule has 0 amide bonds. The molecule has 1 unspecified atom stereocenters. The van der Waals surface area contributed by atoms with Crippen molar-refractivity contribution in [2.24, 2.45) is 11.7 Å². The minimum Gasteiger partial charge on any atom is -0.384 e. The third-order valence-corrected chi connectivity index (χ3v) is 5.72. The number of nitrogens with zero attached hydrogens (tertiary/aromatic N) is 2. The number of nitrogen functional groups attached to an aromatic ring is 1. The number of piperidine rings is 1. The summed E-state index contributed by atoms with van der Waals surface area (Å²) in [5.74, 6) is 0.360. The van der Waals surface area contributed by atoms with Crippen LogP contribution in [0.1, 0.15) is 25.3 Å². The van der Waals surface area contributed by atoms with Crippen LogP contribution >= 0.6 is 0 Å². The zero-order valence-electron chi connectivity index (χ0n) is 12.4. The van der Waals surface area contributed by atoms with E-state index in [1.54, 1.807) is 35.6 Å². The smallest absolute Gasteiger partial charge is 0.303 e. The van der Waals surface area contributed by atoms with E-state index in [-0.39, 0.29) is 5.84 Å². The molecule has 1 atom stereocenters. The third kappa shape index (κ3) is 3.36. The number of benzene rings is 1. The molecule has 6 nitrogen and oxygen atoms in total. The van der Waals surface area contributed by atoms with Crippen LogP contribution in [0.2, 0.25) is 0 Å². The Morgan fingerprint density at radius 2 is 2.00 bits per heavy atom. The Kier molecular flexibility index (Phi) is 4.53. The zero-order valence-corrected chi connectivity index (χ0v) is 13.2. The Morgan fingerprint density at radius 1 is 1.38 bits per heavy atom. The summed E-state index contributed by atoms with van der Waals surface area (Å²) >= 11 is 0. The quantitative estimate of drug-likeness (QED) is 0.650. The van der Waals surface area contributed by atoms with Gasteiger partial charge >= 0.3 is 10.2 Å². The molecule has 1 saturated heterocycles. The molecule has 0 bridgehead atoms. The molecule has 1 aromatic rings. The van der Waals surface area contributed by atoms with Gasteiger partial charge in [0.25, 0.3) is 0 Å². The summed E-state index contributed by atoms with van der Waals surface area (Å²) in [5, 5.41) is 7.36. The van der Waals surface area contributed by atoms with E-state index in [0.717, 1.165) is 12.8 Å². The molecular weight excluding hydrogens is 288 g/mol. The van der Waals surface area contributed by atoms with Gasteiger partial charge in [-0.15, -0.1) is 0 Å². The maximum absolute atomic E-state index is 12.6. The molecule has 0 spiro atoms. The number of nitrogens with one attached hydrogen (secondary N) is 1. The first kappa shape index (κ1) is 15.8. The topological polar surface area (TPSA) is 90.5 Å². The van der Waals surface area contributed by atoms with Crippen LogP contribution in [-0.4, -0.2) is 38.7 Å². The molecule has 0 saturated carbocycles. The summed E-state index contributed by atoms with van der Waals surface area (Å²) in [6, 6.07) is 6.65. The van der Waals surface area contributed by atoms with Gasteiger partial charge in [0.15, 0.2) is 0 Å². The fraction of sp³-hybridized carbons (Fsp3) is 0.500. The average molecular weight is 310 g/mol. The molecule has 7 heteroatoms. The van der Waals surface area contributed by atoms with Crippen molar-refractivity contribution in [1.82, 2.24) is 4.31 Å². The number of anilines is 1. The fourth-order valence-electron chi connectivity index (χ4n) is 2.51. The number of amidine groups is 1. The second-order valence-corrected chi connectivity index (χ2v) is 7.50. The van der Waals surface area contributed by atoms with Gasteiger partial charge < -0.3 is 5.73 Å². The van der Waals surface area contributed by atoms with Gasteiger partial charge in [-0.1, -0.05) is 6.92 Å². The Morgan fingerprint density at radius 3 is 2.52 bits per heavy atom. The van der Waals surface area contributed by atoms with E-state index in [1.165, 1.54) is 4.31 Å². The van der Waals surface area contributed by atoms with E-state index < -0.39 is 10.2 Å². The van der Waals surface area contributed by atoms with Gasteiger partial charge in [-0.05, 0) is 43.0 Å². The van der Waals surface area contributed by atoms with Crippen molar-refractivity contribution in [3.8, 4) is 0 Å². The Hall–Kier alpha value is -1.60. The standard InChI is InChI=1S/C14H22N4O2S/c1-11-4-3-9-18(10-11)21(19,20)17(2)13-7-5-12(6-8-13)14(15)16/h5-8,11H,3-4,9-10H2,1-2H3,(H3,15,16). The Bertz CT molecular complexity index is 612. The first-order valence-electron chi connectivity index (χ1n) is 7.01. The number of hydrogen-bond donors (Lipinski definition) is 2. The highest BCUT2D eigenvalue weighted by molar-refractivity contribution is 7.90. The van der Waals surface area contributed by atoms with Gasteiger partial charge in [-0.2, -0.15) is 12.7 Å². The van der Waals surface area contributed by atoms with Crippen LogP contribution in [0.5, 0.6) is 0 Å². The molecule has 1 fully saturated rings. The van der Waals surface area contributed by atoms with Crippen LogP contribution in [0.25, 0.3) is 0 Å². The van der Waals surface area contributed by atoms with E-state index in [4.69, 9.17) is 11.1 Å². The number of nitrogens with two attached hydrogens (primary N) is 1. The van der Waals surface area contributed by atoms with Crippen molar-refractivity contribution in [3.63, 3.8) is 0 Å². The normalized spacial score (nSPS) is 20.2. The highest BCUT2D eigenvalue weighted by atomic mass is 32.2. The summed E-state index contributed by atoms with van der Waals surface area (Å²) in [4.78, 5) is 0. The van der Waals surface area contributed by atoms with Crippen molar-refractivity contribution >= 4 is 21.7 Å². The third-order valence-electron chi connectivity index (χ3n) is 3.83. The largest absolute Gasteiger partial charge is 0.384 e. The lowest BCUT2D eigenvalue weighted by atomic mass is 10.0. The average Bonchev–Trinajstić information content (AvgIpc) is 2.46. The van der Waals surface area contributed by atoms with Crippen LogP contribution in [0, 0.1) is 11.3 Å². The summed E-state index contributed by atoms with van der Waals surface area (Å²) in [6.45, 7) is 3.21. The van der Waals surface area contributed by atoms with Crippen molar-refractivity contribution in [3.05, 3.63) is 29.8 Å². The van der Waals surface area contributed by atoms with E-state index in [0.29, 0.717) is 30.3 Å². The van der Waals surface area contributed by atoms with Gasteiger partial charge in [0, 0.05) is 25.7 Å². The molecule has 1 heterocycles. The van der Waals surface area contributed by atoms with Crippen LogP contribution in [-0.2, 0) is 10.2 Å². The summed E-state index contributed by atoms with van der Waals surface area (Å²) in [6.07, 6.45) is 1.97. The molecule has 0 aliphatic carbocycles. The summed E-state index contributed by atoms with van der Waals surface area (Å²) in [7, 11) is -1.95. The molecule has 3 N–H and O–H groups in total. The molecule has 116 valence electrons. The predicted molar refractivity (Wildman–Crippen MR) is 84.8 cm³/mol. The van der Waals surface area contributed by atoms with Crippen LogP contribution in [0.4, 0.5) is 5.69 Å². The molecule has 1 aliphatic heterocycles. The first-order valence-corrected chi connectivity index (χ1v) is 8.40. The highest BCUT2D eigenvalue weighted by Crippen LogP contribution is 2.24. The van der Waals surface area contributed by atoms with Gasteiger partial charge in [0.1, 0.15) is 5.84 Å².